The first kappa shape index (κ1) is 19.4. The molecule has 5 heteroatoms. The first-order chi connectivity index (χ1) is 15.3. The Morgan fingerprint density at radius 3 is 2.42 bits per heavy atom. The van der Waals surface area contributed by atoms with Crippen LogP contribution in [0.3, 0.4) is 0 Å². The van der Waals surface area contributed by atoms with Crippen LogP contribution in [0, 0.1) is 0 Å². The zero-order chi connectivity index (χ0) is 21.0. The van der Waals surface area contributed by atoms with Crippen LogP contribution in [-0.2, 0) is 6.54 Å². The average molecular weight is 423 g/mol. The standard InChI is InChI=1S/C26H22N4S/c1-19(28-29-26-27-24(18-31-26)21-12-6-3-7-13-21)23-17-30(16-20-10-4-2-5-11-20)25-15-9-8-14-22(23)25/h2-15,17-19H,16H2,1H3. The van der Waals surface area contributed by atoms with E-state index < -0.39 is 0 Å². The van der Waals surface area contributed by atoms with Crippen LogP contribution in [0.5, 0.6) is 0 Å². The van der Waals surface area contributed by atoms with E-state index in [1.165, 1.54) is 33.4 Å². The highest BCUT2D eigenvalue weighted by Crippen LogP contribution is 2.32. The van der Waals surface area contributed by atoms with Gasteiger partial charge >= 0.3 is 0 Å². The number of hydrogen-bond donors (Lipinski definition) is 0. The van der Waals surface area contributed by atoms with Gasteiger partial charge in [-0.05, 0) is 18.6 Å². The van der Waals surface area contributed by atoms with E-state index in [4.69, 9.17) is 0 Å². The summed E-state index contributed by atoms with van der Waals surface area (Å²) >= 11 is 1.52. The van der Waals surface area contributed by atoms with Crippen LogP contribution in [0.1, 0.15) is 24.1 Å². The molecule has 2 heterocycles. The Balaban J connectivity index is 1.41. The molecule has 0 bridgehead atoms. The SMILES string of the molecule is CC(N=Nc1nc(-c2ccccc2)cs1)c1cn(Cc2ccccc2)c2ccccc12. The van der Waals surface area contributed by atoms with E-state index >= 15 is 0 Å². The zero-order valence-corrected chi connectivity index (χ0v) is 18.0. The molecule has 31 heavy (non-hydrogen) atoms. The minimum absolute atomic E-state index is 0.0639. The Morgan fingerprint density at radius 1 is 0.903 bits per heavy atom. The van der Waals surface area contributed by atoms with Crippen molar-refractivity contribution in [2.75, 3.05) is 0 Å². The van der Waals surface area contributed by atoms with Gasteiger partial charge in [-0.15, -0.1) is 16.5 Å². The molecule has 5 rings (SSSR count). The molecular formula is C26H22N4S. The van der Waals surface area contributed by atoms with Gasteiger partial charge in [0.1, 0.15) is 0 Å². The molecule has 0 aliphatic rings. The number of para-hydroxylation sites is 1. The van der Waals surface area contributed by atoms with E-state index in [0.29, 0.717) is 5.13 Å². The molecule has 0 saturated heterocycles. The molecule has 0 saturated carbocycles. The molecule has 0 spiro atoms. The summed E-state index contributed by atoms with van der Waals surface area (Å²) in [7, 11) is 0. The van der Waals surface area contributed by atoms with E-state index in [1.807, 2.05) is 29.6 Å². The zero-order valence-electron chi connectivity index (χ0n) is 17.2. The monoisotopic (exact) mass is 422 g/mol. The van der Waals surface area contributed by atoms with Gasteiger partial charge in [0, 0.05) is 40.2 Å². The van der Waals surface area contributed by atoms with Gasteiger partial charge in [0.15, 0.2) is 0 Å². The molecule has 0 amide bonds. The Kier molecular flexibility index (Phi) is 5.42. The summed E-state index contributed by atoms with van der Waals surface area (Å²) < 4.78 is 2.29. The second kappa shape index (κ2) is 8.66. The van der Waals surface area contributed by atoms with Crippen molar-refractivity contribution in [2.45, 2.75) is 19.5 Å². The molecule has 0 fully saturated rings. The van der Waals surface area contributed by atoms with E-state index in [0.717, 1.165) is 17.8 Å². The van der Waals surface area contributed by atoms with E-state index in [1.54, 1.807) is 0 Å². The van der Waals surface area contributed by atoms with Gasteiger partial charge in [-0.2, -0.15) is 5.11 Å². The van der Waals surface area contributed by atoms with Crippen molar-refractivity contribution in [3.8, 4) is 11.3 Å². The lowest BCUT2D eigenvalue weighted by Crippen LogP contribution is -1.97. The number of nitrogens with zero attached hydrogens (tertiary/aromatic N) is 4. The number of hydrogen-bond acceptors (Lipinski definition) is 4. The molecule has 0 aliphatic heterocycles. The van der Waals surface area contributed by atoms with Crippen LogP contribution >= 0.6 is 11.3 Å². The molecular weight excluding hydrogens is 400 g/mol. The molecule has 2 aromatic heterocycles. The number of thiazole rings is 1. The van der Waals surface area contributed by atoms with Gasteiger partial charge in [0.2, 0.25) is 5.13 Å². The number of fused-ring (bicyclic) bond motifs is 1. The van der Waals surface area contributed by atoms with Crippen molar-refractivity contribution in [2.24, 2.45) is 10.2 Å². The Hall–Kier alpha value is -3.57. The second-order valence-corrected chi connectivity index (χ2v) is 8.32. The number of benzene rings is 3. The molecule has 0 aliphatic carbocycles. The van der Waals surface area contributed by atoms with Crippen LogP contribution in [0.25, 0.3) is 22.2 Å². The van der Waals surface area contributed by atoms with Gasteiger partial charge in [-0.25, -0.2) is 4.98 Å². The molecule has 0 N–H and O–H groups in total. The molecule has 1 unspecified atom stereocenters. The van der Waals surface area contributed by atoms with E-state index in [9.17, 15) is 0 Å². The van der Waals surface area contributed by atoms with E-state index in [-0.39, 0.29) is 6.04 Å². The third-order valence-corrected chi connectivity index (χ3v) is 6.07. The normalized spacial score (nSPS) is 12.5. The van der Waals surface area contributed by atoms with Gasteiger partial charge in [-0.1, -0.05) is 78.9 Å². The third-order valence-electron chi connectivity index (χ3n) is 5.34. The maximum Gasteiger partial charge on any atom is 0.230 e. The predicted molar refractivity (Wildman–Crippen MR) is 128 cm³/mol. The second-order valence-electron chi connectivity index (χ2n) is 7.49. The van der Waals surface area contributed by atoms with Crippen molar-refractivity contribution in [1.29, 1.82) is 0 Å². The van der Waals surface area contributed by atoms with Crippen molar-refractivity contribution >= 4 is 27.4 Å². The summed E-state index contributed by atoms with van der Waals surface area (Å²) in [6, 6.07) is 29.1. The fourth-order valence-corrected chi connectivity index (χ4v) is 4.42. The number of aromatic nitrogens is 2. The minimum Gasteiger partial charge on any atom is -0.343 e. The minimum atomic E-state index is -0.0639. The molecule has 0 radical (unpaired) electrons. The summed E-state index contributed by atoms with van der Waals surface area (Å²) in [6.07, 6.45) is 2.21. The van der Waals surface area contributed by atoms with Crippen LogP contribution in [0.15, 0.2) is 107 Å². The van der Waals surface area contributed by atoms with Crippen LogP contribution in [0.4, 0.5) is 5.13 Å². The molecule has 152 valence electrons. The Bertz CT molecular complexity index is 1320. The van der Waals surface area contributed by atoms with Gasteiger partial charge in [-0.3, -0.25) is 0 Å². The fraction of sp³-hybridized carbons (Fsp3) is 0.115. The Labute approximate surface area is 185 Å². The fourth-order valence-electron chi connectivity index (χ4n) is 3.77. The maximum absolute atomic E-state index is 4.62. The smallest absolute Gasteiger partial charge is 0.230 e. The Morgan fingerprint density at radius 2 is 1.61 bits per heavy atom. The molecule has 1 atom stereocenters. The third kappa shape index (κ3) is 4.18. The summed E-state index contributed by atoms with van der Waals surface area (Å²) in [5, 5.41) is 13.0. The summed E-state index contributed by atoms with van der Waals surface area (Å²) in [6.45, 7) is 2.92. The first-order valence-electron chi connectivity index (χ1n) is 10.3. The highest BCUT2D eigenvalue weighted by molar-refractivity contribution is 7.13. The van der Waals surface area contributed by atoms with Gasteiger partial charge < -0.3 is 4.57 Å². The number of rotatable bonds is 6. The lowest BCUT2D eigenvalue weighted by atomic mass is 10.1. The van der Waals surface area contributed by atoms with Gasteiger partial charge in [0.05, 0.1) is 11.7 Å². The molecule has 4 nitrogen and oxygen atoms in total. The predicted octanol–water partition coefficient (Wildman–Crippen LogP) is 7.66. The maximum atomic E-state index is 4.62. The van der Waals surface area contributed by atoms with Crippen LogP contribution in [-0.4, -0.2) is 9.55 Å². The van der Waals surface area contributed by atoms with Crippen LogP contribution in [0.2, 0.25) is 0 Å². The topological polar surface area (TPSA) is 42.5 Å². The van der Waals surface area contributed by atoms with Crippen molar-refractivity contribution < 1.29 is 0 Å². The molecule has 3 aromatic carbocycles. The first-order valence-corrected chi connectivity index (χ1v) is 11.2. The lowest BCUT2D eigenvalue weighted by Gasteiger charge is -2.05. The largest absolute Gasteiger partial charge is 0.343 e. The average Bonchev–Trinajstić information content (AvgIpc) is 3.44. The highest BCUT2D eigenvalue weighted by atomic mass is 32.1. The van der Waals surface area contributed by atoms with E-state index in [2.05, 4.69) is 93.6 Å². The quantitative estimate of drug-likeness (QED) is 0.259. The van der Waals surface area contributed by atoms with Crippen LogP contribution < -0.4 is 0 Å². The van der Waals surface area contributed by atoms with Crippen molar-refractivity contribution in [3.05, 3.63) is 108 Å². The summed E-state index contributed by atoms with van der Waals surface area (Å²) in [5.74, 6) is 0. The summed E-state index contributed by atoms with van der Waals surface area (Å²) in [5.41, 5.74) is 5.70. The number of azo groups is 1. The van der Waals surface area contributed by atoms with Crippen molar-refractivity contribution in [3.63, 3.8) is 0 Å². The summed E-state index contributed by atoms with van der Waals surface area (Å²) in [4.78, 5) is 4.62. The van der Waals surface area contributed by atoms with Crippen molar-refractivity contribution in [1.82, 2.24) is 9.55 Å². The molecule has 5 aromatic rings. The lowest BCUT2D eigenvalue weighted by molar-refractivity contribution is 0.754. The van der Waals surface area contributed by atoms with Gasteiger partial charge in [0.25, 0.3) is 0 Å². The highest BCUT2D eigenvalue weighted by Gasteiger charge is 2.14.